The largest absolute Gasteiger partial charge is 0.496 e. The van der Waals surface area contributed by atoms with Crippen LogP contribution in [0.4, 0.5) is 0 Å². The number of unbranched alkanes of at least 4 members (excludes halogenated alkanes) is 2. The smallest absolute Gasteiger partial charge is 0.325 e. The molecule has 1 atom stereocenters. The molecule has 5 heteroatoms. The topological polar surface area (TPSA) is 73.6 Å². The molecule has 0 aliphatic heterocycles. The molecule has 0 amide bonds. The Morgan fingerprint density at radius 3 is 2.48 bits per heavy atom. The normalized spacial score (nSPS) is 12.7. The third kappa shape index (κ3) is 8.40. The Hall–Kier alpha value is -2.14. The summed E-state index contributed by atoms with van der Waals surface area (Å²) in [5.74, 6) is 0.293. The molecule has 2 N–H and O–H groups in total. The lowest BCUT2D eigenvalue weighted by Gasteiger charge is -2.27. The van der Waals surface area contributed by atoms with Gasteiger partial charge in [-0.05, 0) is 56.3 Å². The van der Waals surface area contributed by atoms with E-state index in [2.05, 4.69) is 26.0 Å². The minimum absolute atomic E-state index is 0.571. The number of nitrogens with zero attached hydrogens (tertiary/aromatic N) is 1. The van der Waals surface area contributed by atoms with E-state index in [0.29, 0.717) is 42.5 Å². The van der Waals surface area contributed by atoms with Crippen molar-refractivity contribution in [3.63, 3.8) is 0 Å². The maximum Gasteiger partial charge on any atom is 0.325 e. The molecule has 0 fully saturated rings. The van der Waals surface area contributed by atoms with E-state index in [-0.39, 0.29) is 0 Å². The molecule has 1 aromatic rings. The molecule has 1 unspecified atom stereocenters. The first-order valence-electron chi connectivity index (χ1n) is 10.7. The van der Waals surface area contributed by atoms with Crippen LogP contribution in [0.25, 0.3) is 0 Å². The maximum absolute atomic E-state index is 11.9. The first-order chi connectivity index (χ1) is 13.8. The lowest BCUT2D eigenvalue weighted by molar-refractivity contribution is -0.143. The Morgan fingerprint density at radius 2 is 1.93 bits per heavy atom. The van der Waals surface area contributed by atoms with Crippen LogP contribution < -0.4 is 4.74 Å². The number of nitrogens with one attached hydrogen (secondary N) is 1. The number of rotatable bonds is 14. The zero-order valence-electron chi connectivity index (χ0n) is 18.7. The molecule has 1 rings (SSSR count). The minimum Gasteiger partial charge on any atom is -0.496 e. The van der Waals surface area contributed by atoms with Crippen molar-refractivity contribution in [1.29, 1.82) is 5.41 Å². The quantitative estimate of drug-likeness (QED) is 0.245. The number of aliphatic carboxylic acids is 1. The number of allylic oxidation sites excluding steroid dienone is 2. The van der Waals surface area contributed by atoms with Crippen molar-refractivity contribution in [3.05, 3.63) is 41.5 Å². The van der Waals surface area contributed by atoms with Crippen LogP contribution in [0.5, 0.6) is 5.75 Å². The second-order valence-electron chi connectivity index (χ2n) is 7.74. The molecule has 0 aliphatic carbocycles. The number of benzene rings is 1. The van der Waals surface area contributed by atoms with Crippen LogP contribution in [0.1, 0.15) is 70.5 Å². The summed E-state index contributed by atoms with van der Waals surface area (Å²) in [4.78, 5) is 13.8. The van der Waals surface area contributed by atoms with Crippen LogP contribution in [0, 0.1) is 11.3 Å². The lowest BCUT2D eigenvalue weighted by Crippen LogP contribution is -2.34. The fraction of sp³-hybridized carbons (Fsp3) is 0.583. The summed E-state index contributed by atoms with van der Waals surface area (Å²) in [6.45, 7) is 9.56. The number of carboxylic acid groups (broad SMARTS) is 1. The Kier molecular flexibility index (Phi) is 11.3. The van der Waals surface area contributed by atoms with Gasteiger partial charge in [-0.1, -0.05) is 52.0 Å². The zero-order chi connectivity index (χ0) is 21.8. The van der Waals surface area contributed by atoms with E-state index >= 15 is 0 Å². The summed E-state index contributed by atoms with van der Waals surface area (Å²) < 4.78 is 5.51. The summed E-state index contributed by atoms with van der Waals surface area (Å²) in [5.41, 5.74) is 2.35. The summed E-state index contributed by atoms with van der Waals surface area (Å²) in [5, 5.41) is 18.0. The second-order valence-corrected chi connectivity index (χ2v) is 7.74. The highest BCUT2D eigenvalue weighted by molar-refractivity contribution is 5.84. The van der Waals surface area contributed by atoms with E-state index in [4.69, 9.17) is 10.1 Å². The maximum atomic E-state index is 11.9. The summed E-state index contributed by atoms with van der Waals surface area (Å²) >= 11 is 0. The molecule has 0 saturated heterocycles. The molecule has 1 aromatic carbocycles. The fourth-order valence-corrected chi connectivity index (χ4v) is 3.47. The van der Waals surface area contributed by atoms with E-state index in [1.165, 1.54) is 0 Å². The molecule has 0 saturated carbocycles. The highest BCUT2D eigenvalue weighted by Gasteiger charge is 2.28. The van der Waals surface area contributed by atoms with Crippen molar-refractivity contribution >= 4 is 11.7 Å². The summed E-state index contributed by atoms with van der Waals surface area (Å²) in [6, 6.07) is 4.92. The third-order valence-electron chi connectivity index (χ3n) is 5.04. The van der Waals surface area contributed by atoms with Crippen molar-refractivity contribution < 1.29 is 14.6 Å². The molecule has 0 heterocycles. The van der Waals surface area contributed by atoms with E-state index in [1.54, 1.807) is 7.11 Å². The number of ether oxygens (including phenoxy) is 1. The molecular weight excluding hydrogens is 364 g/mol. The SMILES string of the molecule is CCN(CC)C(C(=O)O)c1ccc(CC(=N)CCCC/C=C/C(C)C)cc1OC. The van der Waals surface area contributed by atoms with E-state index in [0.717, 1.165) is 31.2 Å². The summed E-state index contributed by atoms with van der Waals surface area (Å²) in [7, 11) is 1.57. The van der Waals surface area contributed by atoms with Gasteiger partial charge in [-0.15, -0.1) is 0 Å². The van der Waals surface area contributed by atoms with Gasteiger partial charge in [-0.25, -0.2) is 0 Å². The summed E-state index contributed by atoms with van der Waals surface area (Å²) in [6.07, 6.45) is 8.99. The molecular formula is C24H38N2O3. The van der Waals surface area contributed by atoms with Crippen molar-refractivity contribution in [3.8, 4) is 5.75 Å². The van der Waals surface area contributed by atoms with Crippen molar-refractivity contribution in [2.45, 2.75) is 65.8 Å². The van der Waals surface area contributed by atoms with Gasteiger partial charge in [0.25, 0.3) is 0 Å². The number of likely N-dealkylation sites (N-methyl/N-ethyl adjacent to an activating group) is 1. The zero-order valence-corrected chi connectivity index (χ0v) is 18.7. The first-order valence-corrected chi connectivity index (χ1v) is 10.7. The van der Waals surface area contributed by atoms with Crippen molar-refractivity contribution in [2.75, 3.05) is 20.2 Å². The van der Waals surface area contributed by atoms with Crippen LogP contribution in [-0.2, 0) is 11.2 Å². The Balaban J connectivity index is 2.75. The standard InChI is InChI=1S/C24H38N2O3/c1-6-26(7-2)23(24(27)28)21-15-14-19(17-22(21)29-5)16-20(25)13-11-9-8-10-12-18(3)4/h10,12,14-15,17-18,23,25H,6-9,11,13,16H2,1-5H3,(H,27,28)/b12-10+,25-20?. The lowest BCUT2D eigenvalue weighted by atomic mass is 9.98. The number of hydrogen-bond acceptors (Lipinski definition) is 4. The van der Waals surface area contributed by atoms with Crippen LogP contribution in [-0.4, -0.2) is 41.9 Å². The van der Waals surface area contributed by atoms with Crippen LogP contribution in [0.2, 0.25) is 0 Å². The van der Waals surface area contributed by atoms with Gasteiger partial charge >= 0.3 is 5.97 Å². The number of carbonyl (C=O) groups is 1. The van der Waals surface area contributed by atoms with Crippen LogP contribution >= 0.6 is 0 Å². The van der Waals surface area contributed by atoms with Gasteiger partial charge in [-0.3, -0.25) is 9.69 Å². The molecule has 0 spiro atoms. The van der Waals surface area contributed by atoms with Gasteiger partial charge in [0.2, 0.25) is 0 Å². The van der Waals surface area contributed by atoms with Gasteiger partial charge < -0.3 is 15.3 Å². The van der Waals surface area contributed by atoms with Gasteiger partial charge in [0.1, 0.15) is 11.8 Å². The number of hydrogen-bond donors (Lipinski definition) is 2. The first kappa shape index (κ1) is 24.9. The van der Waals surface area contributed by atoms with E-state index in [1.807, 2.05) is 36.9 Å². The Bertz CT molecular complexity index is 679. The fourth-order valence-electron chi connectivity index (χ4n) is 3.47. The molecule has 0 aliphatic rings. The molecule has 5 nitrogen and oxygen atoms in total. The van der Waals surface area contributed by atoms with Gasteiger partial charge in [0.05, 0.1) is 7.11 Å². The molecule has 162 valence electrons. The highest BCUT2D eigenvalue weighted by Crippen LogP contribution is 2.31. The number of carboxylic acids is 1. The molecule has 29 heavy (non-hydrogen) atoms. The molecule has 0 bridgehead atoms. The molecule has 0 aromatic heterocycles. The van der Waals surface area contributed by atoms with E-state index < -0.39 is 12.0 Å². The predicted octanol–water partition coefficient (Wildman–Crippen LogP) is 5.50. The Labute approximate surface area is 176 Å². The average Bonchev–Trinajstić information content (AvgIpc) is 2.68. The van der Waals surface area contributed by atoms with Crippen LogP contribution in [0.15, 0.2) is 30.4 Å². The van der Waals surface area contributed by atoms with Gasteiger partial charge in [0, 0.05) is 17.7 Å². The minimum atomic E-state index is -0.876. The monoisotopic (exact) mass is 402 g/mol. The number of methoxy groups -OCH3 is 1. The molecule has 0 radical (unpaired) electrons. The second kappa shape index (κ2) is 13.2. The van der Waals surface area contributed by atoms with Gasteiger partial charge in [-0.2, -0.15) is 0 Å². The van der Waals surface area contributed by atoms with Crippen molar-refractivity contribution in [2.24, 2.45) is 5.92 Å². The van der Waals surface area contributed by atoms with Gasteiger partial charge in [0.15, 0.2) is 0 Å². The van der Waals surface area contributed by atoms with Crippen molar-refractivity contribution in [1.82, 2.24) is 4.90 Å². The van der Waals surface area contributed by atoms with Crippen LogP contribution in [0.3, 0.4) is 0 Å². The van der Waals surface area contributed by atoms with E-state index in [9.17, 15) is 9.90 Å². The third-order valence-corrected chi connectivity index (χ3v) is 5.04. The average molecular weight is 403 g/mol. The highest BCUT2D eigenvalue weighted by atomic mass is 16.5. The Morgan fingerprint density at radius 1 is 1.24 bits per heavy atom. The predicted molar refractivity (Wildman–Crippen MR) is 120 cm³/mol.